The Morgan fingerprint density at radius 3 is 2.52 bits per heavy atom. The highest BCUT2D eigenvalue weighted by molar-refractivity contribution is 5.51. The molecule has 1 aromatic heterocycles. The SMILES string of the molecule is c1nc(N2CCCCC2)cc(N2CCC3CCCCC32)n1. The second-order valence-electron chi connectivity index (χ2n) is 6.88. The van der Waals surface area contributed by atoms with Crippen LogP contribution < -0.4 is 9.80 Å². The van der Waals surface area contributed by atoms with Crippen LogP contribution in [0.3, 0.4) is 0 Å². The predicted molar refractivity (Wildman–Crippen MR) is 85.8 cm³/mol. The van der Waals surface area contributed by atoms with E-state index in [4.69, 9.17) is 0 Å². The number of piperidine rings is 1. The van der Waals surface area contributed by atoms with Crippen LogP contribution in [0.1, 0.15) is 51.4 Å². The number of hydrogen-bond acceptors (Lipinski definition) is 4. The average molecular weight is 286 g/mol. The molecular weight excluding hydrogens is 260 g/mol. The maximum absolute atomic E-state index is 4.60. The van der Waals surface area contributed by atoms with Crippen LogP contribution in [0.5, 0.6) is 0 Å². The van der Waals surface area contributed by atoms with Crippen molar-refractivity contribution in [1.29, 1.82) is 0 Å². The third-order valence-corrected chi connectivity index (χ3v) is 5.62. The zero-order chi connectivity index (χ0) is 14.1. The normalized spacial score (nSPS) is 29.5. The van der Waals surface area contributed by atoms with Crippen molar-refractivity contribution >= 4 is 11.6 Å². The van der Waals surface area contributed by atoms with Crippen LogP contribution in [0.25, 0.3) is 0 Å². The molecule has 1 saturated carbocycles. The summed E-state index contributed by atoms with van der Waals surface area (Å²) in [6.45, 7) is 3.50. The molecule has 114 valence electrons. The van der Waals surface area contributed by atoms with Crippen molar-refractivity contribution in [3.8, 4) is 0 Å². The molecule has 3 fully saturated rings. The van der Waals surface area contributed by atoms with E-state index in [2.05, 4.69) is 25.8 Å². The van der Waals surface area contributed by atoms with Gasteiger partial charge >= 0.3 is 0 Å². The van der Waals surface area contributed by atoms with Crippen LogP contribution in [-0.4, -0.2) is 35.6 Å². The lowest BCUT2D eigenvalue weighted by Crippen LogP contribution is -2.36. The highest BCUT2D eigenvalue weighted by Gasteiger charge is 2.36. The van der Waals surface area contributed by atoms with Crippen molar-refractivity contribution in [2.75, 3.05) is 29.4 Å². The molecule has 0 radical (unpaired) electrons. The molecule has 2 atom stereocenters. The number of anilines is 2. The van der Waals surface area contributed by atoms with E-state index in [1.54, 1.807) is 6.33 Å². The molecule has 1 aromatic rings. The standard InChI is InChI=1S/C17H26N4/c1-4-9-20(10-5-1)16-12-17(19-13-18-16)21-11-8-14-6-2-3-7-15(14)21/h12-15H,1-11H2. The first-order valence-corrected chi connectivity index (χ1v) is 8.75. The molecule has 2 aliphatic heterocycles. The Bertz CT molecular complexity index is 483. The van der Waals surface area contributed by atoms with Crippen molar-refractivity contribution in [3.63, 3.8) is 0 Å². The topological polar surface area (TPSA) is 32.3 Å². The minimum atomic E-state index is 0.739. The Morgan fingerprint density at radius 2 is 1.62 bits per heavy atom. The number of aromatic nitrogens is 2. The van der Waals surface area contributed by atoms with Crippen LogP contribution in [0, 0.1) is 5.92 Å². The third-order valence-electron chi connectivity index (χ3n) is 5.62. The quantitative estimate of drug-likeness (QED) is 0.835. The van der Waals surface area contributed by atoms with Crippen molar-refractivity contribution in [1.82, 2.24) is 9.97 Å². The number of fused-ring (bicyclic) bond motifs is 1. The van der Waals surface area contributed by atoms with Crippen LogP contribution in [0.15, 0.2) is 12.4 Å². The van der Waals surface area contributed by atoms with Gasteiger partial charge in [-0.1, -0.05) is 12.8 Å². The maximum atomic E-state index is 4.60. The maximum Gasteiger partial charge on any atom is 0.134 e. The Morgan fingerprint density at radius 1 is 0.810 bits per heavy atom. The van der Waals surface area contributed by atoms with Crippen LogP contribution >= 0.6 is 0 Å². The van der Waals surface area contributed by atoms with E-state index in [0.29, 0.717) is 0 Å². The molecule has 0 amide bonds. The molecule has 0 N–H and O–H groups in total. The van der Waals surface area contributed by atoms with Crippen LogP contribution in [0.4, 0.5) is 11.6 Å². The summed E-state index contributed by atoms with van der Waals surface area (Å²) in [4.78, 5) is 14.1. The summed E-state index contributed by atoms with van der Waals surface area (Å²) in [5.74, 6) is 3.21. The second kappa shape index (κ2) is 5.82. The fourth-order valence-electron chi connectivity index (χ4n) is 4.48. The Balaban J connectivity index is 1.54. The van der Waals surface area contributed by atoms with Crippen molar-refractivity contribution in [3.05, 3.63) is 12.4 Å². The average Bonchev–Trinajstić information content (AvgIpc) is 3.00. The highest BCUT2D eigenvalue weighted by Crippen LogP contribution is 2.38. The van der Waals surface area contributed by atoms with E-state index >= 15 is 0 Å². The zero-order valence-electron chi connectivity index (χ0n) is 12.9. The van der Waals surface area contributed by atoms with E-state index in [-0.39, 0.29) is 0 Å². The van der Waals surface area contributed by atoms with Crippen molar-refractivity contribution in [2.24, 2.45) is 5.92 Å². The fourth-order valence-corrected chi connectivity index (χ4v) is 4.48. The lowest BCUT2D eigenvalue weighted by atomic mass is 9.85. The van der Waals surface area contributed by atoms with E-state index < -0.39 is 0 Å². The zero-order valence-corrected chi connectivity index (χ0v) is 12.9. The Kier molecular flexibility index (Phi) is 3.70. The summed E-state index contributed by atoms with van der Waals surface area (Å²) < 4.78 is 0. The van der Waals surface area contributed by atoms with Gasteiger partial charge in [-0.25, -0.2) is 9.97 Å². The van der Waals surface area contributed by atoms with E-state index in [0.717, 1.165) is 30.9 Å². The van der Waals surface area contributed by atoms with Gasteiger partial charge in [0.1, 0.15) is 18.0 Å². The summed E-state index contributed by atoms with van der Waals surface area (Å²) in [6, 6.07) is 2.98. The Hall–Kier alpha value is -1.32. The monoisotopic (exact) mass is 286 g/mol. The number of hydrogen-bond donors (Lipinski definition) is 0. The van der Waals surface area contributed by atoms with Gasteiger partial charge in [-0.15, -0.1) is 0 Å². The largest absolute Gasteiger partial charge is 0.356 e. The molecule has 3 aliphatic rings. The van der Waals surface area contributed by atoms with Gasteiger partial charge in [0.15, 0.2) is 0 Å². The molecule has 1 aliphatic carbocycles. The Labute approximate surface area is 127 Å². The van der Waals surface area contributed by atoms with Crippen molar-refractivity contribution < 1.29 is 0 Å². The van der Waals surface area contributed by atoms with Gasteiger partial charge in [-0.3, -0.25) is 0 Å². The third kappa shape index (κ3) is 2.60. The van der Waals surface area contributed by atoms with Gasteiger partial charge in [-0.05, 0) is 44.4 Å². The first-order chi connectivity index (χ1) is 10.4. The second-order valence-corrected chi connectivity index (χ2v) is 6.88. The first kappa shape index (κ1) is 13.4. The number of rotatable bonds is 2. The molecule has 3 heterocycles. The van der Waals surface area contributed by atoms with E-state index in [1.165, 1.54) is 63.7 Å². The predicted octanol–water partition coefficient (Wildman–Crippen LogP) is 3.24. The van der Waals surface area contributed by atoms with Crippen LogP contribution in [-0.2, 0) is 0 Å². The van der Waals surface area contributed by atoms with Gasteiger partial charge in [0.2, 0.25) is 0 Å². The molecule has 2 saturated heterocycles. The van der Waals surface area contributed by atoms with Crippen LogP contribution in [0.2, 0.25) is 0 Å². The summed E-state index contributed by atoms with van der Waals surface area (Å²) in [5, 5.41) is 0. The number of nitrogens with zero attached hydrogens (tertiary/aromatic N) is 4. The molecule has 0 bridgehead atoms. The van der Waals surface area contributed by atoms with E-state index in [9.17, 15) is 0 Å². The molecule has 0 spiro atoms. The van der Waals surface area contributed by atoms with Gasteiger partial charge in [0.05, 0.1) is 0 Å². The minimum Gasteiger partial charge on any atom is -0.356 e. The lowest BCUT2D eigenvalue weighted by molar-refractivity contribution is 0.341. The van der Waals surface area contributed by atoms with Gasteiger partial charge in [0, 0.05) is 31.7 Å². The summed E-state index contributed by atoms with van der Waals surface area (Å²) in [7, 11) is 0. The molecule has 4 rings (SSSR count). The molecule has 21 heavy (non-hydrogen) atoms. The van der Waals surface area contributed by atoms with Crippen molar-refractivity contribution in [2.45, 2.75) is 57.4 Å². The molecule has 0 aromatic carbocycles. The lowest BCUT2D eigenvalue weighted by Gasteiger charge is -2.33. The first-order valence-electron chi connectivity index (χ1n) is 8.75. The summed E-state index contributed by atoms with van der Waals surface area (Å²) in [6.07, 6.45) is 12.7. The van der Waals surface area contributed by atoms with Gasteiger partial charge in [0.25, 0.3) is 0 Å². The van der Waals surface area contributed by atoms with Gasteiger partial charge < -0.3 is 9.80 Å². The fraction of sp³-hybridized carbons (Fsp3) is 0.765. The smallest absolute Gasteiger partial charge is 0.134 e. The summed E-state index contributed by atoms with van der Waals surface area (Å²) >= 11 is 0. The molecular formula is C17H26N4. The van der Waals surface area contributed by atoms with E-state index in [1.807, 2.05) is 0 Å². The van der Waals surface area contributed by atoms with Gasteiger partial charge in [-0.2, -0.15) is 0 Å². The summed E-state index contributed by atoms with van der Waals surface area (Å²) in [5.41, 5.74) is 0. The minimum absolute atomic E-state index is 0.739. The highest BCUT2D eigenvalue weighted by atomic mass is 15.3. The molecule has 2 unspecified atom stereocenters. The molecule has 4 heteroatoms. The molecule has 4 nitrogen and oxygen atoms in total.